The minimum atomic E-state index is -4.43. The van der Waals surface area contributed by atoms with E-state index in [1.807, 2.05) is 0 Å². The van der Waals surface area contributed by atoms with E-state index in [0.717, 1.165) is 83.5 Å². The van der Waals surface area contributed by atoms with Crippen LogP contribution < -0.4 is 5.32 Å². The number of amides is 1. The molecule has 0 bridgehead atoms. The zero-order chi connectivity index (χ0) is 43.9. The van der Waals surface area contributed by atoms with Gasteiger partial charge in [0.25, 0.3) is 0 Å². The van der Waals surface area contributed by atoms with E-state index >= 15 is 0 Å². The van der Waals surface area contributed by atoms with Crippen LogP contribution in [0.1, 0.15) is 213 Å². The van der Waals surface area contributed by atoms with Crippen molar-refractivity contribution in [3.8, 4) is 0 Å². The Kier molecular flexibility index (Phi) is 44.5. The van der Waals surface area contributed by atoms with Crippen LogP contribution in [-0.2, 0) is 27.9 Å². The highest BCUT2D eigenvalue weighted by Crippen LogP contribution is 2.42. The van der Waals surface area contributed by atoms with Crippen LogP contribution in [0.5, 0.6) is 0 Å². The fraction of sp³-hybridized carbons (Fsp3) is 0.760. The predicted molar refractivity (Wildman–Crippen MR) is 252 cm³/mol. The Labute approximate surface area is 368 Å². The molecule has 3 N–H and O–H groups in total. The van der Waals surface area contributed by atoms with E-state index < -0.39 is 26.5 Å². The number of ether oxygens (including phenoxy) is 1. The molecule has 0 saturated heterocycles. The molecule has 0 rings (SSSR count). The van der Waals surface area contributed by atoms with Gasteiger partial charge in [0.1, 0.15) is 12.7 Å². The lowest BCUT2D eigenvalue weighted by atomic mass is 10.1. The van der Waals surface area contributed by atoms with Crippen LogP contribution in [0.15, 0.2) is 60.8 Å². The first-order valence-electron chi connectivity index (χ1n) is 24.3. The normalized spacial score (nSPS) is 13.7. The summed E-state index contributed by atoms with van der Waals surface area (Å²) < 4.78 is 26.9. The van der Waals surface area contributed by atoms with E-state index in [0.29, 0.717) is 6.42 Å². The van der Waals surface area contributed by atoms with Gasteiger partial charge in [-0.15, -0.1) is 0 Å². The summed E-state index contributed by atoms with van der Waals surface area (Å²) in [6.45, 7) is 3.51. The van der Waals surface area contributed by atoms with Crippen molar-refractivity contribution in [2.24, 2.45) is 0 Å². The quantitative estimate of drug-likeness (QED) is 0.0239. The first kappa shape index (κ1) is 57.7. The van der Waals surface area contributed by atoms with Crippen LogP contribution in [0, 0.1) is 0 Å². The van der Waals surface area contributed by atoms with Gasteiger partial charge < -0.3 is 20.1 Å². The van der Waals surface area contributed by atoms with Gasteiger partial charge in [-0.25, -0.2) is 4.57 Å². The smallest absolute Gasteiger partial charge is 0.463 e. The maximum absolute atomic E-state index is 12.1. The number of hydrogen-bond acceptors (Lipinski definition) is 7. The van der Waals surface area contributed by atoms with Crippen LogP contribution in [-0.4, -0.2) is 54.3 Å². The molecular weight excluding hydrogens is 774 g/mol. The minimum absolute atomic E-state index is 0.0743. The number of phosphoric acid groups is 1. The van der Waals surface area contributed by atoms with Crippen molar-refractivity contribution < 1.29 is 37.9 Å². The second-order valence-corrected chi connectivity index (χ2v) is 17.5. The molecule has 0 aliphatic heterocycles. The summed E-state index contributed by atoms with van der Waals surface area (Å²) in [5.41, 5.74) is 0. The average Bonchev–Trinajstić information content (AvgIpc) is 3.23. The van der Waals surface area contributed by atoms with Gasteiger partial charge in [-0.3, -0.25) is 18.6 Å². The zero-order valence-electron chi connectivity index (χ0n) is 38.4. The SMILES string of the molecule is CCCCC/C=C\C/C=C\C/C=C\C/C=C\CCCCCCCCCC(=O)OCC(O)COP(=O)(O)OCCNC(=O)CCCCCCC/C=C\CCCCCCCCC. The number of aliphatic hydroxyl groups excluding tert-OH is 1. The number of carbonyl (C=O) groups is 2. The van der Waals surface area contributed by atoms with Crippen LogP contribution >= 0.6 is 7.82 Å². The fourth-order valence-corrected chi connectivity index (χ4v) is 7.23. The van der Waals surface area contributed by atoms with E-state index in [1.54, 1.807) is 0 Å². The van der Waals surface area contributed by atoms with E-state index in [2.05, 4.69) is 79.9 Å². The van der Waals surface area contributed by atoms with Gasteiger partial charge in [-0.1, -0.05) is 177 Å². The van der Waals surface area contributed by atoms with Crippen molar-refractivity contribution in [3.63, 3.8) is 0 Å². The summed E-state index contributed by atoms with van der Waals surface area (Å²) in [6.07, 6.45) is 55.8. The maximum atomic E-state index is 12.1. The van der Waals surface area contributed by atoms with E-state index in [1.165, 1.54) is 103 Å². The van der Waals surface area contributed by atoms with Crippen molar-refractivity contribution in [2.75, 3.05) is 26.4 Å². The average molecular weight is 864 g/mol. The van der Waals surface area contributed by atoms with Crippen LogP contribution in [0.3, 0.4) is 0 Å². The topological polar surface area (TPSA) is 131 Å². The minimum Gasteiger partial charge on any atom is -0.463 e. The lowest BCUT2D eigenvalue weighted by Crippen LogP contribution is -2.27. The van der Waals surface area contributed by atoms with Gasteiger partial charge in [-0.2, -0.15) is 0 Å². The molecule has 0 aromatic rings. The molecule has 0 radical (unpaired) electrons. The molecule has 9 nitrogen and oxygen atoms in total. The molecule has 0 aromatic carbocycles. The summed E-state index contributed by atoms with van der Waals surface area (Å²) in [4.78, 5) is 34.0. The summed E-state index contributed by atoms with van der Waals surface area (Å²) in [5, 5.41) is 12.7. The Balaban J connectivity index is 3.62. The lowest BCUT2D eigenvalue weighted by Gasteiger charge is -2.15. The number of hydrogen-bond donors (Lipinski definition) is 3. The zero-order valence-corrected chi connectivity index (χ0v) is 39.3. The van der Waals surface area contributed by atoms with Crippen LogP contribution in [0.4, 0.5) is 0 Å². The third-order valence-electron chi connectivity index (χ3n) is 10.2. The van der Waals surface area contributed by atoms with Crippen molar-refractivity contribution in [3.05, 3.63) is 60.8 Å². The monoisotopic (exact) mass is 864 g/mol. The molecule has 348 valence electrons. The standard InChI is InChI=1S/C50H90NO8P/c1-3-5-7-9-11-13-15-17-19-21-22-23-24-25-26-27-29-31-33-35-37-39-41-43-50(54)57-46-48(52)47-59-60(55,56)58-45-44-51-49(53)42-40-38-36-34-32-30-28-20-18-16-14-12-10-8-6-4-2/h11,13,17,19-20,22-23,25-26,28,48,52H,3-10,12,14-16,18,21,24,27,29-47H2,1-2H3,(H,51,53)(H,55,56)/b13-11-,19-17-,23-22-,26-25-,28-20-. The Morgan fingerprint density at radius 3 is 1.40 bits per heavy atom. The Hall–Kier alpha value is -2.29. The molecule has 2 atom stereocenters. The van der Waals surface area contributed by atoms with E-state index in [4.69, 9.17) is 13.8 Å². The number of unbranched alkanes of at least 4 members (excludes halogenated alkanes) is 22. The van der Waals surface area contributed by atoms with Gasteiger partial charge in [0, 0.05) is 19.4 Å². The highest BCUT2D eigenvalue weighted by Gasteiger charge is 2.23. The molecule has 1 amide bonds. The summed E-state index contributed by atoms with van der Waals surface area (Å²) >= 11 is 0. The molecule has 0 aromatic heterocycles. The molecule has 0 fully saturated rings. The molecular formula is C50H90NO8P. The van der Waals surface area contributed by atoms with Crippen molar-refractivity contribution >= 4 is 19.7 Å². The molecule has 0 heterocycles. The van der Waals surface area contributed by atoms with Gasteiger partial charge in [0.05, 0.1) is 13.2 Å². The number of aliphatic hydroxyl groups is 1. The second kappa shape index (κ2) is 46.2. The molecule has 10 heteroatoms. The van der Waals surface area contributed by atoms with Crippen molar-refractivity contribution in [1.29, 1.82) is 0 Å². The van der Waals surface area contributed by atoms with Gasteiger partial charge in [0.2, 0.25) is 5.91 Å². The number of allylic oxidation sites excluding steroid dienone is 10. The number of phosphoric ester groups is 1. The summed E-state index contributed by atoms with van der Waals surface area (Å²) in [6, 6.07) is 0. The number of nitrogens with one attached hydrogen (secondary N) is 1. The lowest BCUT2D eigenvalue weighted by molar-refractivity contribution is -0.147. The van der Waals surface area contributed by atoms with Gasteiger partial charge in [-0.05, 0) is 83.5 Å². The van der Waals surface area contributed by atoms with Crippen molar-refractivity contribution in [2.45, 2.75) is 219 Å². The van der Waals surface area contributed by atoms with E-state index in [-0.39, 0.29) is 32.1 Å². The summed E-state index contributed by atoms with van der Waals surface area (Å²) in [5.74, 6) is -0.535. The molecule has 0 spiro atoms. The highest BCUT2D eigenvalue weighted by atomic mass is 31.2. The third-order valence-corrected chi connectivity index (χ3v) is 11.2. The maximum Gasteiger partial charge on any atom is 0.472 e. The number of rotatable bonds is 45. The molecule has 0 saturated carbocycles. The first-order chi connectivity index (χ1) is 29.3. The van der Waals surface area contributed by atoms with Gasteiger partial charge in [0.15, 0.2) is 0 Å². The van der Waals surface area contributed by atoms with E-state index in [9.17, 15) is 24.2 Å². The second-order valence-electron chi connectivity index (χ2n) is 16.1. The number of carbonyl (C=O) groups excluding carboxylic acids is 2. The molecule has 60 heavy (non-hydrogen) atoms. The van der Waals surface area contributed by atoms with Crippen LogP contribution in [0.25, 0.3) is 0 Å². The summed E-state index contributed by atoms with van der Waals surface area (Å²) in [7, 11) is -4.43. The van der Waals surface area contributed by atoms with Gasteiger partial charge >= 0.3 is 13.8 Å². The Morgan fingerprint density at radius 2 is 0.900 bits per heavy atom. The number of esters is 1. The fourth-order valence-electron chi connectivity index (χ4n) is 6.48. The Bertz CT molecular complexity index is 1170. The Morgan fingerprint density at radius 1 is 0.517 bits per heavy atom. The first-order valence-corrected chi connectivity index (χ1v) is 25.8. The van der Waals surface area contributed by atoms with Crippen LogP contribution in [0.2, 0.25) is 0 Å². The molecule has 2 unspecified atom stereocenters. The largest absolute Gasteiger partial charge is 0.472 e. The molecule has 0 aliphatic carbocycles. The molecule has 0 aliphatic rings. The van der Waals surface area contributed by atoms with Crippen molar-refractivity contribution in [1.82, 2.24) is 5.32 Å². The predicted octanol–water partition coefficient (Wildman–Crippen LogP) is 14.1. The highest BCUT2D eigenvalue weighted by molar-refractivity contribution is 7.47. The third kappa shape index (κ3) is 46.8.